The molecule has 0 radical (unpaired) electrons. The summed E-state index contributed by atoms with van der Waals surface area (Å²) in [5.74, 6) is 2.33. The largest absolute Gasteiger partial charge is 0.390 e. The van der Waals surface area contributed by atoms with E-state index in [0.29, 0.717) is 23.2 Å². The molecule has 3 heteroatoms. The third kappa shape index (κ3) is 1.96. The van der Waals surface area contributed by atoms with E-state index in [9.17, 15) is 9.90 Å². The van der Waals surface area contributed by atoms with Crippen LogP contribution in [0, 0.1) is 34.5 Å². The van der Waals surface area contributed by atoms with E-state index < -0.39 is 11.5 Å². The summed E-state index contributed by atoms with van der Waals surface area (Å²) in [7, 11) is 0. The molecule has 4 aliphatic rings. The van der Waals surface area contributed by atoms with Gasteiger partial charge in [0.15, 0.2) is 5.78 Å². The molecule has 0 heterocycles. The minimum atomic E-state index is -0.782. The first-order chi connectivity index (χ1) is 11.3. The van der Waals surface area contributed by atoms with Gasteiger partial charge in [0, 0.05) is 5.41 Å². The normalized spacial score (nSPS) is 53.7. The molecule has 8 atom stereocenters. The average Bonchev–Trinajstić information content (AvgIpc) is 2.91. The average molecular weight is 349 g/mol. The number of halogens is 1. The Morgan fingerprint density at radius 2 is 2.00 bits per heavy atom. The summed E-state index contributed by atoms with van der Waals surface area (Å²) in [5.41, 5.74) is 1.20. The van der Waals surface area contributed by atoms with E-state index in [1.165, 1.54) is 19.3 Å². The van der Waals surface area contributed by atoms with Gasteiger partial charge in [0.05, 0.1) is 6.10 Å². The van der Waals surface area contributed by atoms with Crippen LogP contribution in [0.25, 0.3) is 0 Å². The van der Waals surface area contributed by atoms with Crippen molar-refractivity contribution in [1.29, 1.82) is 0 Å². The topological polar surface area (TPSA) is 37.3 Å². The van der Waals surface area contributed by atoms with Gasteiger partial charge in [0.1, 0.15) is 5.38 Å². The van der Waals surface area contributed by atoms with Crippen LogP contribution < -0.4 is 0 Å². The Kier molecular flexibility index (Phi) is 3.82. The number of hydrogen-bond acceptors (Lipinski definition) is 2. The standard InChI is InChI=1S/C21H29ClO2/c1-4-12-6-8-15-14-7-5-13-11-17(23)18(22)19(24)21(13,3)16(14)9-10-20(12,15)2/h4,11-12,14-16,18-19,24H,1,5-10H2,2-3H3/t12-,14-,15-,16-,18-,19+,20+,21-/m0/s1. The maximum atomic E-state index is 12.1. The van der Waals surface area contributed by atoms with Crippen molar-refractivity contribution in [3.63, 3.8) is 0 Å². The summed E-state index contributed by atoms with van der Waals surface area (Å²) in [6.45, 7) is 8.72. The molecule has 0 unspecified atom stereocenters. The molecule has 3 fully saturated rings. The third-order valence-corrected chi connectivity index (χ3v) is 8.94. The van der Waals surface area contributed by atoms with Gasteiger partial charge in [-0.05, 0) is 73.7 Å². The Balaban J connectivity index is 1.72. The van der Waals surface area contributed by atoms with Crippen molar-refractivity contribution in [2.75, 3.05) is 0 Å². The zero-order valence-electron chi connectivity index (χ0n) is 14.8. The molecule has 2 nitrogen and oxygen atoms in total. The molecule has 4 rings (SSSR count). The summed E-state index contributed by atoms with van der Waals surface area (Å²) in [4.78, 5) is 12.1. The number of hydrogen-bond donors (Lipinski definition) is 1. The lowest BCUT2D eigenvalue weighted by Gasteiger charge is -2.59. The number of aliphatic hydroxyl groups is 1. The molecule has 4 aliphatic carbocycles. The zero-order chi connectivity index (χ0) is 17.3. The predicted molar refractivity (Wildman–Crippen MR) is 96.8 cm³/mol. The number of carbonyl (C=O) groups excluding carboxylic acids is 1. The van der Waals surface area contributed by atoms with Crippen LogP contribution in [0.1, 0.15) is 52.4 Å². The molecule has 0 amide bonds. The molecule has 1 N–H and O–H groups in total. The summed E-state index contributed by atoms with van der Waals surface area (Å²) in [5, 5.41) is 10.2. The molecule has 0 spiro atoms. The van der Waals surface area contributed by atoms with Gasteiger partial charge in [-0.15, -0.1) is 18.2 Å². The number of rotatable bonds is 1. The van der Waals surface area contributed by atoms with Crippen LogP contribution in [-0.2, 0) is 4.79 Å². The Morgan fingerprint density at radius 1 is 1.25 bits per heavy atom. The summed E-state index contributed by atoms with van der Waals surface area (Å²) in [6, 6.07) is 0. The SMILES string of the molecule is C=C[C@H]1CC[C@H]2[C@@H]3CCC4=CC(=O)[C@H](Cl)[C@@H](O)[C@]4(C)[C@H]3CC[C@]12C. The van der Waals surface area contributed by atoms with E-state index in [1.54, 1.807) is 6.08 Å². The van der Waals surface area contributed by atoms with E-state index in [4.69, 9.17) is 11.6 Å². The number of alkyl halides is 1. The molecular formula is C21H29ClO2. The molecule has 0 aliphatic heterocycles. The fourth-order valence-electron chi connectivity index (χ4n) is 7.04. The lowest BCUT2D eigenvalue weighted by Crippen LogP contribution is -2.58. The van der Waals surface area contributed by atoms with Gasteiger partial charge in [-0.2, -0.15) is 0 Å². The Morgan fingerprint density at radius 3 is 2.71 bits per heavy atom. The zero-order valence-corrected chi connectivity index (χ0v) is 15.6. The van der Waals surface area contributed by atoms with Crippen LogP contribution in [0.5, 0.6) is 0 Å². The van der Waals surface area contributed by atoms with Crippen LogP contribution in [0.4, 0.5) is 0 Å². The predicted octanol–water partition coefficient (Wildman–Crippen LogP) is 4.51. The summed E-state index contributed by atoms with van der Waals surface area (Å²) in [6.07, 6.45) is 10.2. The molecule has 24 heavy (non-hydrogen) atoms. The van der Waals surface area contributed by atoms with Crippen molar-refractivity contribution >= 4 is 17.4 Å². The summed E-state index contributed by atoms with van der Waals surface area (Å²) >= 11 is 6.29. The van der Waals surface area contributed by atoms with Crippen LogP contribution in [0.3, 0.4) is 0 Å². The quantitative estimate of drug-likeness (QED) is 0.559. The van der Waals surface area contributed by atoms with Gasteiger partial charge in [0.25, 0.3) is 0 Å². The fourth-order valence-corrected chi connectivity index (χ4v) is 7.36. The molecule has 0 aromatic rings. The van der Waals surface area contributed by atoms with Crippen LogP contribution in [-0.4, -0.2) is 22.4 Å². The third-order valence-electron chi connectivity index (χ3n) is 8.48. The Bertz CT molecular complexity index is 611. The number of fused-ring (bicyclic) bond motifs is 5. The number of aliphatic hydroxyl groups excluding tert-OH is 1. The monoisotopic (exact) mass is 348 g/mol. The van der Waals surface area contributed by atoms with Crippen LogP contribution >= 0.6 is 11.6 Å². The molecule has 3 saturated carbocycles. The van der Waals surface area contributed by atoms with E-state index in [1.807, 2.05) is 0 Å². The highest BCUT2D eigenvalue weighted by Crippen LogP contribution is 2.66. The first-order valence-electron chi connectivity index (χ1n) is 9.53. The molecule has 0 bridgehead atoms. The summed E-state index contributed by atoms with van der Waals surface area (Å²) < 4.78 is 0. The molecule has 132 valence electrons. The maximum absolute atomic E-state index is 12.1. The van der Waals surface area contributed by atoms with Crippen molar-refractivity contribution in [2.24, 2.45) is 34.5 Å². The van der Waals surface area contributed by atoms with Crippen molar-refractivity contribution in [3.8, 4) is 0 Å². The lowest BCUT2D eigenvalue weighted by atomic mass is 9.46. The minimum absolute atomic E-state index is 0.108. The first-order valence-corrected chi connectivity index (χ1v) is 9.97. The van der Waals surface area contributed by atoms with E-state index >= 15 is 0 Å². The molecule has 0 saturated heterocycles. The minimum Gasteiger partial charge on any atom is -0.390 e. The highest BCUT2D eigenvalue weighted by atomic mass is 35.5. The van der Waals surface area contributed by atoms with E-state index in [0.717, 1.165) is 30.8 Å². The van der Waals surface area contributed by atoms with Crippen molar-refractivity contribution < 1.29 is 9.90 Å². The Hall–Kier alpha value is -0.600. The number of allylic oxidation sites excluding steroid dienone is 1. The van der Waals surface area contributed by atoms with Gasteiger partial charge in [0.2, 0.25) is 0 Å². The van der Waals surface area contributed by atoms with Gasteiger partial charge in [-0.3, -0.25) is 4.79 Å². The number of ketones is 1. The van der Waals surface area contributed by atoms with Crippen LogP contribution in [0.2, 0.25) is 0 Å². The second kappa shape index (κ2) is 5.45. The highest BCUT2D eigenvalue weighted by molar-refractivity contribution is 6.33. The van der Waals surface area contributed by atoms with Crippen molar-refractivity contribution in [1.82, 2.24) is 0 Å². The van der Waals surface area contributed by atoms with Crippen LogP contribution in [0.15, 0.2) is 24.3 Å². The van der Waals surface area contributed by atoms with Gasteiger partial charge in [-0.1, -0.05) is 25.5 Å². The van der Waals surface area contributed by atoms with Crippen molar-refractivity contribution in [2.45, 2.75) is 63.9 Å². The van der Waals surface area contributed by atoms with Gasteiger partial charge < -0.3 is 5.11 Å². The first kappa shape index (κ1) is 16.8. The fraction of sp³-hybridized carbons (Fsp3) is 0.762. The Labute approximate surface area is 150 Å². The van der Waals surface area contributed by atoms with Gasteiger partial charge in [-0.25, -0.2) is 0 Å². The smallest absolute Gasteiger partial charge is 0.176 e. The van der Waals surface area contributed by atoms with E-state index in [-0.39, 0.29) is 11.2 Å². The lowest BCUT2D eigenvalue weighted by molar-refractivity contribution is -0.126. The second-order valence-electron chi connectivity index (χ2n) is 9.08. The van der Waals surface area contributed by atoms with Crippen molar-refractivity contribution in [3.05, 3.63) is 24.3 Å². The maximum Gasteiger partial charge on any atom is 0.176 e. The number of carbonyl (C=O) groups is 1. The molecular weight excluding hydrogens is 320 g/mol. The highest BCUT2D eigenvalue weighted by Gasteiger charge is 2.61. The molecule has 0 aromatic heterocycles. The second-order valence-corrected chi connectivity index (χ2v) is 9.55. The van der Waals surface area contributed by atoms with Gasteiger partial charge >= 0.3 is 0 Å². The molecule has 0 aromatic carbocycles. The van der Waals surface area contributed by atoms with E-state index in [2.05, 4.69) is 26.5 Å².